The number of nitrogens with two attached hydrogens (primary N) is 1. The van der Waals surface area contributed by atoms with Gasteiger partial charge in [-0.2, -0.15) is 0 Å². The molecule has 0 saturated carbocycles. The molecule has 0 amide bonds. The van der Waals surface area contributed by atoms with Gasteiger partial charge in [-0.1, -0.05) is 6.92 Å². The maximum Gasteiger partial charge on any atom is 0.0618 e. The lowest BCUT2D eigenvalue weighted by Crippen LogP contribution is -2.38. The summed E-state index contributed by atoms with van der Waals surface area (Å²) < 4.78 is 5.69. The fourth-order valence-electron chi connectivity index (χ4n) is 1.68. The van der Waals surface area contributed by atoms with Crippen molar-refractivity contribution >= 4 is 0 Å². The Labute approximate surface area is 81.2 Å². The van der Waals surface area contributed by atoms with Crippen molar-refractivity contribution in [1.82, 2.24) is 4.90 Å². The van der Waals surface area contributed by atoms with E-state index in [0.29, 0.717) is 12.7 Å². The molecule has 1 aliphatic rings. The third-order valence-corrected chi connectivity index (χ3v) is 2.58. The predicted molar refractivity (Wildman–Crippen MR) is 54.7 cm³/mol. The molecule has 1 aliphatic heterocycles. The number of hydrogen-bond donors (Lipinski definition) is 1. The quantitative estimate of drug-likeness (QED) is 0.707. The van der Waals surface area contributed by atoms with Crippen LogP contribution in [0.4, 0.5) is 0 Å². The molecule has 3 nitrogen and oxygen atoms in total. The summed E-state index contributed by atoms with van der Waals surface area (Å²) in [6, 6.07) is 0.171. The van der Waals surface area contributed by atoms with E-state index < -0.39 is 0 Å². The van der Waals surface area contributed by atoms with Crippen LogP contribution in [0.5, 0.6) is 0 Å². The molecular formula is C10H22N2O. The zero-order chi connectivity index (χ0) is 9.68. The topological polar surface area (TPSA) is 38.5 Å². The lowest BCUT2D eigenvalue weighted by atomic mass is 10.1. The predicted octanol–water partition coefficient (Wildman–Crippen LogP) is 0.834. The minimum absolute atomic E-state index is 0.171. The van der Waals surface area contributed by atoms with E-state index in [0.717, 1.165) is 0 Å². The Hall–Kier alpha value is -0.120. The highest BCUT2D eigenvalue weighted by molar-refractivity contribution is 4.71. The van der Waals surface area contributed by atoms with E-state index in [1.54, 1.807) is 0 Å². The lowest BCUT2D eigenvalue weighted by molar-refractivity contribution is 0.00418. The molecule has 0 aromatic heterocycles. The summed E-state index contributed by atoms with van der Waals surface area (Å²) in [6.45, 7) is 8.43. The molecule has 3 heteroatoms. The molecule has 1 fully saturated rings. The Kier molecular flexibility index (Phi) is 4.70. The van der Waals surface area contributed by atoms with Crippen molar-refractivity contribution < 1.29 is 4.74 Å². The SMILES string of the molecule is CCN1CCC(OCC(C)N)CC1. The highest BCUT2D eigenvalue weighted by Crippen LogP contribution is 2.13. The minimum atomic E-state index is 0.171. The summed E-state index contributed by atoms with van der Waals surface area (Å²) in [5.74, 6) is 0. The molecule has 0 aliphatic carbocycles. The average molecular weight is 186 g/mol. The number of piperidine rings is 1. The number of likely N-dealkylation sites (tertiary alicyclic amines) is 1. The standard InChI is InChI=1S/C10H22N2O/c1-3-12-6-4-10(5-7-12)13-8-9(2)11/h9-10H,3-8,11H2,1-2H3. The fourth-order valence-corrected chi connectivity index (χ4v) is 1.68. The van der Waals surface area contributed by atoms with E-state index >= 15 is 0 Å². The van der Waals surface area contributed by atoms with Crippen LogP contribution in [0.1, 0.15) is 26.7 Å². The first-order chi connectivity index (χ1) is 6.22. The molecule has 0 radical (unpaired) electrons. The van der Waals surface area contributed by atoms with Gasteiger partial charge in [-0.25, -0.2) is 0 Å². The van der Waals surface area contributed by atoms with Crippen LogP contribution in [0.3, 0.4) is 0 Å². The molecule has 2 N–H and O–H groups in total. The van der Waals surface area contributed by atoms with Crippen LogP contribution in [-0.2, 0) is 4.74 Å². The zero-order valence-electron chi connectivity index (χ0n) is 8.83. The van der Waals surface area contributed by atoms with E-state index in [1.807, 2.05) is 6.92 Å². The van der Waals surface area contributed by atoms with Gasteiger partial charge in [0.1, 0.15) is 0 Å². The maximum absolute atomic E-state index is 5.69. The number of rotatable bonds is 4. The van der Waals surface area contributed by atoms with Crippen molar-refractivity contribution in [2.24, 2.45) is 5.73 Å². The third kappa shape index (κ3) is 4.07. The molecule has 1 unspecified atom stereocenters. The Morgan fingerprint density at radius 2 is 2.08 bits per heavy atom. The second-order valence-electron chi connectivity index (χ2n) is 3.94. The third-order valence-electron chi connectivity index (χ3n) is 2.58. The van der Waals surface area contributed by atoms with Crippen LogP contribution >= 0.6 is 0 Å². The van der Waals surface area contributed by atoms with E-state index in [4.69, 9.17) is 10.5 Å². The van der Waals surface area contributed by atoms with Crippen molar-refractivity contribution in [2.75, 3.05) is 26.2 Å². The molecule has 1 rings (SSSR count). The summed E-state index contributed by atoms with van der Waals surface area (Å²) in [5.41, 5.74) is 5.63. The maximum atomic E-state index is 5.69. The summed E-state index contributed by atoms with van der Waals surface area (Å²) in [5, 5.41) is 0. The monoisotopic (exact) mass is 186 g/mol. The average Bonchev–Trinajstić information content (AvgIpc) is 2.15. The van der Waals surface area contributed by atoms with E-state index in [1.165, 1.54) is 32.5 Å². The molecule has 0 aromatic rings. The molecule has 1 atom stereocenters. The Morgan fingerprint density at radius 1 is 1.46 bits per heavy atom. The second-order valence-corrected chi connectivity index (χ2v) is 3.94. The summed E-state index contributed by atoms with van der Waals surface area (Å²) in [7, 11) is 0. The summed E-state index contributed by atoms with van der Waals surface area (Å²) in [4.78, 5) is 2.46. The van der Waals surface area contributed by atoms with Gasteiger partial charge in [0.25, 0.3) is 0 Å². The first-order valence-electron chi connectivity index (χ1n) is 5.32. The van der Waals surface area contributed by atoms with Gasteiger partial charge in [-0.15, -0.1) is 0 Å². The summed E-state index contributed by atoms with van der Waals surface area (Å²) in [6.07, 6.45) is 2.79. The first kappa shape index (κ1) is 11.0. The van der Waals surface area contributed by atoms with Crippen molar-refractivity contribution in [2.45, 2.75) is 38.8 Å². The van der Waals surface area contributed by atoms with Crippen LogP contribution in [0.15, 0.2) is 0 Å². The van der Waals surface area contributed by atoms with E-state index in [-0.39, 0.29) is 6.04 Å². The van der Waals surface area contributed by atoms with Gasteiger partial charge in [0.05, 0.1) is 12.7 Å². The minimum Gasteiger partial charge on any atom is -0.377 e. The molecular weight excluding hydrogens is 164 g/mol. The number of nitrogens with zero attached hydrogens (tertiary/aromatic N) is 1. The van der Waals surface area contributed by atoms with Gasteiger partial charge < -0.3 is 15.4 Å². The van der Waals surface area contributed by atoms with Crippen LogP contribution in [0.2, 0.25) is 0 Å². The van der Waals surface area contributed by atoms with Crippen molar-refractivity contribution in [3.8, 4) is 0 Å². The highest BCUT2D eigenvalue weighted by atomic mass is 16.5. The van der Waals surface area contributed by atoms with Gasteiger partial charge in [0.15, 0.2) is 0 Å². The Bertz CT molecular complexity index is 131. The highest BCUT2D eigenvalue weighted by Gasteiger charge is 2.18. The molecule has 1 heterocycles. The molecule has 0 bridgehead atoms. The van der Waals surface area contributed by atoms with Crippen LogP contribution in [0, 0.1) is 0 Å². The molecule has 1 saturated heterocycles. The lowest BCUT2D eigenvalue weighted by Gasteiger charge is -2.31. The number of hydrogen-bond acceptors (Lipinski definition) is 3. The fraction of sp³-hybridized carbons (Fsp3) is 1.00. The molecule has 78 valence electrons. The Morgan fingerprint density at radius 3 is 2.54 bits per heavy atom. The summed E-state index contributed by atoms with van der Waals surface area (Å²) >= 11 is 0. The van der Waals surface area contributed by atoms with Gasteiger partial charge in [-0.3, -0.25) is 0 Å². The van der Waals surface area contributed by atoms with Gasteiger partial charge in [0, 0.05) is 19.1 Å². The van der Waals surface area contributed by atoms with E-state index in [2.05, 4.69) is 11.8 Å². The number of ether oxygens (including phenoxy) is 1. The molecule has 0 spiro atoms. The molecule has 0 aromatic carbocycles. The molecule has 13 heavy (non-hydrogen) atoms. The van der Waals surface area contributed by atoms with Gasteiger partial charge in [-0.05, 0) is 26.3 Å². The van der Waals surface area contributed by atoms with Crippen molar-refractivity contribution in [3.63, 3.8) is 0 Å². The smallest absolute Gasteiger partial charge is 0.0618 e. The normalized spacial score (nSPS) is 23.3. The second kappa shape index (κ2) is 5.58. The Balaban J connectivity index is 2.10. The van der Waals surface area contributed by atoms with Crippen LogP contribution in [-0.4, -0.2) is 43.3 Å². The largest absolute Gasteiger partial charge is 0.377 e. The van der Waals surface area contributed by atoms with Gasteiger partial charge >= 0.3 is 0 Å². The van der Waals surface area contributed by atoms with Gasteiger partial charge in [0.2, 0.25) is 0 Å². The van der Waals surface area contributed by atoms with Crippen molar-refractivity contribution in [3.05, 3.63) is 0 Å². The van der Waals surface area contributed by atoms with Crippen molar-refractivity contribution in [1.29, 1.82) is 0 Å². The van der Waals surface area contributed by atoms with Crippen LogP contribution in [0.25, 0.3) is 0 Å². The van der Waals surface area contributed by atoms with E-state index in [9.17, 15) is 0 Å². The first-order valence-corrected chi connectivity index (χ1v) is 5.32. The zero-order valence-corrected chi connectivity index (χ0v) is 8.83. The van der Waals surface area contributed by atoms with Crippen LogP contribution < -0.4 is 5.73 Å².